The van der Waals surface area contributed by atoms with Crippen LogP contribution in [0.3, 0.4) is 0 Å². The number of ketones is 2. The molecule has 104 valence electrons. The van der Waals surface area contributed by atoms with Crippen molar-refractivity contribution in [2.45, 2.75) is 0 Å². The van der Waals surface area contributed by atoms with E-state index in [0.29, 0.717) is 5.56 Å². The molecule has 0 fully saturated rings. The van der Waals surface area contributed by atoms with Gasteiger partial charge in [0.25, 0.3) is 5.69 Å². The number of hydrogen-bond donors (Lipinski definition) is 0. The zero-order valence-corrected chi connectivity index (χ0v) is 10.7. The number of rotatable bonds is 4. The Labute approximate surface area is 120 Å². The molecule has 6 heteroatoms. The van der Waals surface area contributed by atoms with Gasteiger partial charge in [0.1, 0.15) is 0 Å². The molecule has 0 unspecified atom stereocenters. The molecule has 0 N–H and O–H groups in total. The first kappa shape index (κ1) is 15.7. The van der Waals surface area contributed by atoms with Crippen molar-refractivity contribution in [3.8, 4) is 0 Å². The van der Waals surface area contributed by atoms with Crippen LogP contribution in [0.25, 0.3) is 0 Å². The Bertz CT molecular complexity index is 676. The molecule has 0 radical (unpaired) electrons. The van der Waals surface area contributed by atoms with Crippen molar-refractivity contribution in [2.75, 3.05) is 0 Å². The third kappa shape index (κ3) is 3.81. The summed E-state index contributed by atoms with van der Waals surface area (Å²) in [6.07, 6.45) is 0. The highest BCUT2D eigenvalue weighted by molar-refractivity contribution is 6.49. The van der Waals surface area contributed by atoms with Crippen molar-refractivity contribution in [1.82, 2.24) is 0 Å². The van der Waals surface area contributed by atoms with Crippen molar-refractivity contribution in [2.24, 2.45) is 0 Å². The summed E-state index contributed by atoms with van der Waals surface area (Å²) in [5.41, 5.74) is 0.314. The van der Waals surface area contributed by atoms with Crippen molar-refractivity contribution in [3.63, 3.8) is 0 Å². The van der Waals surface area contributed by atoms with Crippen LogP contribution in [0.2, 0.25) is 0 Å². The molecule has 2 aromatic rings. The van der Waals surface area contributed by atoms with Gasteiger partial charge in [-0.25, -0.2) is 0 Å². The molecule has 0 aromatic heterocycles. The Morgan fingerprint density at radius 1 is 0.857 bits per heavy atom. The van der Waals surface area contributed by atoms with Gasteiger partial charge < -0.3 is 11.8 Å². The van der Waals surface area contributed by atoms with E-state index in [1.165, 1.54) is 24.3 Å². The highest BCUT2D eigenvalue weighted by Crippen LogP contribution is 2.14. The lowest BCUT2D eigenvalue weighted by atomic mass is 10.0. The molecule has 0 saturated heterocycles. The normalized spacial score (nSPS) is 9.05. The highest BCUT2D eigenvalue weighted by Gasteiger charge is 2.18. The fourth-order valence-corrected chi connectivity index (χ4v) is 1.59. The molecule has 0 aliphatic carbocycles. The third-order valence-electron chi connectivity index (χ3n) is 2.58. The topological polar surface area (TPSA) is 101 Å². The van der Waals surface area contributed by atoms with Gasteiger partial charge in [-0.1, -0.05) is 30.3 Å². The predicted molar refractivity (Wildman–Crippen MR) is 73.2 cm³/mol. The van der Waals surface area contributed by atoms with Gasteiger partial charge in [0.2, 0.25) is 11.6 Å². The van der Waals surface area contributed by atoms with E-state index < -0.39 is 16.5 Å². The van der Waals surface area contributed by atoms with Gasteiger partial charge in [-0.05, 0) is 12.1 Å². The average Bonchev–Trinajstić information content (AvgIpc) is 2.56. The lowest BCUT2D eigenvalue weighted by Gasteiger charge is -2.00. The first-order valence-corrected chi connectivity index (χ1v) is 5.70. The molecule has 2 rings (SSSR count). The second-order valence-corrected chi connectivity index (χ2v) is 3.83. The maximum Gasteiger partial charge on any atom is 0.269 e. The Hall–Kier alpha value is -3.33. The van der Waals surface area contributed by atoms with E-state index in [0.717, 1.165) is 0 Å². The molecular formula is C15H9N2O4-. The monoisotopic (exact) mass is 281 g/mol. The molecule has 0 spiro atoms. The van der Waals surface area contributed by atoms with E-state index in [-0.39, 0.29) is 11.3 Å². The summed E-state index contributed by atoms with van der Waals surface area (Å²) >= 11 is 0. The number of benzene rings is 2. The molecule has 0 atom stereocenters. The van der Waals surface area contributed by atoms with Gasteiger partial charge in [0, 0.05) is 23.3 Å². The maximum atomic E-state index is 11.9. The van der Waals surface area contributed by atoms with Gasteiger partial charge in [-0.3, -0.25) is 19.7 Å². The number of nitro benzene ring substituents is 1. The number of hydrogen-bond acceptors (Lipinski definition) is 5. The second-order valence-electron chi connectivity index (χ2n) is 3.83. The number of Topliss-reactive ketones (excluding diaryl/α,β-unsaturated/α-hetero) is 2. The van der Waals surface area contributed by atoms with Crippen LogP contribution in [0, 0.1) is 21.9 Å². The summed E-state index contributed by atoms with van der Waals surface area (Å²) in [5, 5.41) is 16.7. The van der Waals surface area contributed by atoms with Gasteiger partial charge in [0.15, 0.2) is 0 Å². The lowest BCUT2D eigenvalue weighted by molar-refractivity contribution is -0.384. The van der Waals surface area contributed by atoms with Crippen LogP contribution in [-0.4, -0.2) is 16.5 Å². The van der Waals surface area contributed by atoms with Crippen LogP contribution in [0.15, 0.2) is 54.6 Å². The maximum absolute atomic E-state index is 11.9. The van der Waals surface area contributed by atoms with Crippen LogP contribution >= 0.6 is 0 Å². The largest absolute Gasteiger partial charge is 0.512 e. The van der Waals surface area contributed by atoms with E-state index in [9.17, 15) is 19.7 Å². The van der Waals surface area contributed by atoms with Crippen LogP contribution in [0.5, 0.6) is 0 Å². The SMILES string of the molecule is O=C(C(=O)c1ccc([N+](=O)[O-])cc1)c1ccccc1.[C-]#N. The molecule has 6 nitrogen and oxygen atoms in total. The molecule has 21 heavy (non-hydrogen) atoms. The Kier molecular flexibility index (Phi) is 5.47. The predicted octanol–water partition coefficient (Wildman–Crippen LogP) is 2.76. The summed E-state index contributed by atoms with van der Waals surface area (Å²) in [7, 11) is 0. The first-order chi connectivity index (χ1) is 10.1. The first-order valence-electron chi connectivity index (χ1n) is 5.70. The van der Waals surface area contributed by atoms with Crippen LogP contribution < -0.4 is 0 Å². The fraction of sp³-hybridized carbons (Fsp3) is 0. The Morgan fingerprint density at radius 3 is 1.71 bits per heavy atom. The quantitative estimate of drug-likeness (QED) is 0.282. The summed E-state index contributed by atoms with van der Waals surface area (Å²) in [5.74, 6) is -1.31. The minimum atomic E-state index is -0.680. The van der Waals surface area contributed by atoms with E-state index in [1.54, 1.807) is 30.3 Å². The second kappa shape index (κ2) is 7.31. The lowest BCUT2D eigenvalue weighted by Crippen LogP contribution is -2.14. The Morgan fingerprint density at radius 2 is 1.29 bits per heavy atom. The molecule has 0 aliphatic heterocycles. The van der Waals surface area contributed by atoms with E-state index in [4.69, 9.17) is 11.8 Å². The van der Waals surface area contributed by atoms with E-state index in [1.807, 2.05) is 0 Å². The van der Waals surface area contributed by atoms with Crippen LogP contribution in [0.4, 0.5) is 5.69 Å². The third-order valence-corrected chi connectivity index (χ3v) is 2.58. The summed E-state index contributed by atoms with van der Waals surface area (Å²) in [6.45, 7) is 4.75. The minimum Gasteiger partial charge on any atom is -0.512 e. The van der Waals surface area contributed by atoms with Gasteiger partial charge in [-0.15, -0.1) is 0 Å². The van der Waals surface area contributed by atoms with Crippen molar-refractivity contribution >= 4 is 17.3 Å². The summed E-state index contributed by atoms with van der Waals surface area (Å²) in [6, 6.07) is 13.1. The summed E-state index contributed by atoms with van der Waals surface area (Å²) < 4.78 is 0. The Balaban J connectivity index is 0.00000106. The van der Waals surface area contributed by atoms with Crippen LogP contribution in [-0.2, 0) is 0 Å². The zero-order valence-electron chi connectivity index (χ0n) is 10.7. The number of non-ortho nitro benzene ring substituents is 1. The number of nitrogens with zero attached hydrogens (tertiary/aromatic N) is 2. The molecule has 2 aromatic carbocycles. The van der Waals surface area contributed by atoms with Crippen molar-refractivity contribution in [1.29, 1.82) is 5.26 Å². The number of carbonyl (C=O) groups excluding carboxylic acids is 2. The molecule has 0 bridgehead atoms. The minimum absolute atomic E-state index is 0.122. The van der Waals surface area contributed by atoms with Gasteiger partial charge in [0.05, 0.1) is 4.92 Å². The molecular weight excluding hydrogens is 272 g/mol. The fourth-order valence-electron chi connectivity index (χ4n) is 1.59. The molecule has 0 amide bonds. The van der Waals surface area contributed by atoms with Crippen molar-refractivity contribution in [3.05, 3.63) is 82.4 Å². The zero-order chi connectivity index (χ0) is 15.8. The highest BCUT2D eigenvalue weighted by atomic mass is 16.6. The van der Waals surface area contributed by atoms with E-state index >= 15 is 0 Å². The van der Waals surface area contributed by atoms with Crippen LogP contribution in [0.1, 0.15) is 20.7 Å². The smallest absolute Gasteiger partial charge is 0.269 e. The standard InChI is InChI=1S/C14H9NO4.CN/c16-13(10-4-2-1-3-5-10)14(17)11-6-8-12(9-7-11)15(18)19;1-2/h1-9H;/q;-1. The molecule has 0 saturated carbocycles. The van der Waals surface area contributed by atoms with E-state index in [2.05, 4.69) is 0 Å². The number of nitro groups is 1. The number of carbonyl (C=O) groups is 2. The average molecular weight is 281 g/mol. The van der Waals surface area contributed by atoms with Gasteiger partial charge in [-0.2, -0.15) is 0 Å². The molecule has 0 aliphatic rings. The van der Waals surface area contributed by atoms with Crippen molar-refractivity contribution < 1.29 is 14.5 Å². The molecule has 0 heterocycles. The van der Waals surface area contributed by atoms with Gasteiger partial charge >= 0.3 is 0 Å². The summed E-state index contributed by atoms with van der Waals surface area (Å²) in [4.78, 5) is 33.7.